The lowest BCUT2D eigenvalue weighted by molar-refractivity contribution is 0.414. The number of hydrogen-bond donors (Lipinski definition) is 0. The highest BCUT2D eigenvalue weighted by Gasteiger charge is 2.47. The maximum Gasteiger partial charge on any atom is 0.164 e. The summed E-state index contributed by atoms with van der Waals surface area (Å²) < 4.78 is 43.7. The van der Waals surface area contributed by atoms with Gasteiger partial charge in [0.15, 0.2) is 15.0 Å². The molecular weight excluding hydrogens is 387 g/mol. The highest BCUT2D eigenvalue weighted by Crippen LogP contribution is 2.37. The third-order valence-electron chi connectivity index (χ3n) is 4.75. The van der Waals surface area contributed by atoms with E-state index in [2.05, 4.69) is 4.99 Å². The van der Waals surface area contributed by atoms with Crippen LogP contribution < -0.4 is 9.64 Å². The number of para-hydroxylation sites is 1. The summed E-state index contributed by atoms with van der Waals surface area (Å²) in [7, 11) is -1.53. The topological polar surface area (TPSA) is 59.0 Å². The van der Waals surface area contributed by atoms with Gasteiger partial charge in [-0.3, -0.25) is 4.99 Å². The van der Waals surface area contributed by atoms with Crippen molar-refractivity contribution in [2.75, 3.05) is 23.5 Å². The summed E-state index contributed by atoms with van der Waals surface area (Å²) in [6.45, 7) is 0. The van der Waals surface area contributed by atoms with Crippen LogP contribution in [0, 0.1) is 5.82 Å². The van der Waals surface area contributed by atoms with Crippen molar-refractivity contribution in [2.24, 2.45) is 4.99 Å². The van der Waals surface area contributed by atoms with Crippen molar-refractivity contribution in [3.8, 4) is 5.75 Å². The van der Waals surface area contributed by atoms with Crippen LogP contribution in [-0.4, -0.2) is 44.3 Å². The maximum atomic E-state index is 14.4. The summed E-state index contributed by atoms with van der Waals surface area (Å²) in [5.74, 6) is 1.09. The number of benzene rings is 2. The quantitative estimate of drug-likeness (QED) is 0.781. The lowest BCUT2D eigenvalue weighted by Crippen LogP contribution is -2.39. The molecule has 2 aliphatic rings. The molecule has 0 bridgehead atoms. The van der Waals surface area contributed by atoms with Crippen LogP contribution in [0.4, 0.5) is 10.1 Å². The molecule has 2 aromatic carbocycles. The number of fused-ring (bicyclic) bond motifs is 1. The van der Waals surface area contributed by atoms with Gasteiger partial charge in [0.25, 0.3) is 0 Å². The van der Waals surface area contributed by atoms with E-state index in [9.17, 15) is 12.8 Å². The molecule has 0 spiro atoms. The van der Waals surface area contributed by atoms with Gasteiger partial charge in [0.2, 0.25) is 0 Å². The minimum absolute atomic E-state index is 0.00208. The zero-order valence-corrected chi connectivity index (χ0v) is 16.3. The lowest BCUT2D eigenvalue weighted by atomic mass is 10.1. The molecule has 0 N–H and O–H groups in total. The number of anilines is 1. The molecule has 2 aromatic rings. The number of ether oxygens (including phenoxy) is 1. The van der Waals surface area contributed by atoms with Crippen LogP contribution in [0.1, 0.15) is 5.56 Å². The first-order chi connectivity index (χ1) is 13.0. The fourth-order valence-electron chi connectivity index (χ4n) is 3.43. The number of thioether (sulfide) groups is 1. The van der Waals surface area contributed by atoms with Gasteiger partial charge < -0.3 is 9.64 Å². The molecule has 5 nitrogen and oxygen atoms in total. The number of rotatable bonds is 4. The minimum Gasteiger partial charge on any atom is -0.497 e. The van der Waals surface area contributed by atoms with E-state index in [0.717, 1.165) is 11.3 Å². The molecule has 8 heteroatoms. The van der Waals surface area contributed by atoms with Crippen LogP contribution in [0.5, 0.6) is 5.75 Å². The molecule has 0 radical (unpaired) electrons. The highest BCUT2D eigenvalue weighted by atomic mass is 32.2. The molecule has 0 amide bonds. The average molecular weight is 407 g/mol. The number of aliphatic imine (C=N–C) groups is 1. The Morgan fingerprint density at radius 3 is 2.63 bits per heavy atom. The van der Waals surface area contributed by atoms with Gasteiger partial charge >= 0.3 is 0 Å². The zero-order chi connectivity index (χ0) is 19.0. The van der Waals surface area contributed by atoms with Gasteiger partial charge in [0, 0.05) is 5.75 Å². The second-order valence-electron chi connectivity index (χ2n) is 6.58. The van der Waals surface area contributed by atoms with Crippen molar-refractivity contribution < 1.29 is 17.5 Å². The van der Waals surface area contributed by atoms with Gasteiger partial charge in [-0.05, 0) is 29.8 Å². The molecule has 0 aliphatic carbocycles. The number of nitrogens with zero attached hydrogens (tertiary/aromatic N) is 2. The molecule has 2 aliphatic heterocycles. The average Bonchev–Trinajstić information content (AvgIpc) is 3.12. The highest BCUT2D eigenvalue weighted by molar-refractivity contribution is 8.13. The van der Waals surface area contributed by atoms with Crippen molar-refractivity contribution in [3.63, 3.8) is 0 Å². The second-order valence-corrected chi connectivity index (χ2v) is 9.68. The fraction of sp³-hybridized carbons (Fsp3) is 0.316. The summed E-state index contributed by atoms with van der Waals surface area (Å²) in [6.07, 6.45) is 0. The molecule has 0 unspecified atom stereocenters. The molecular formula is C19H19FN2O3S2. The Bertz CT molecular complexity index is 977. The molecule has 0 aromatic heterocycles. The number of methoxy groups -OCH3 is 1. The third-order valence-corrected chi connectivity index (χ3v) is 7.48. The van der Waals surface area contributed by atoms with Crippen molar-refractivity contribution in [1.82, 2.24) is 0 Å². The largest absolute Gasteiger partial charge is 0.497 e. The van der Waals surface area contributed by atoms with E-state index < -0.39 is 9.84 Å². The molecule has 27 heavy (non-hydrogen) atoms. The molecule has 2 heterocycles. The molecule has 2 atom stereocenters. The standard InChI is InChI=1S/C19H19FN2O3S2/c1-25-14-8-6-13(7-9-14)10-26-19-21-16-11-27(23,24)12-18(16)22(19)17-5-3-2-4-15(17)20/h2-9,16,18H,10-12H2,1H3/t16-,18+/m0/s1. The van der Waals surface area contributed by atoms with Crippen LogP contribution in [0.2, 0.25) is 0 Å². The van der Waals surface area contributed by atoms with Crippen LogP contribution in [-0.2, 0) is 15.6 Å². The summed E-state index contributed by atoms with van der Waals surface area (Å²) in [4.78, 5) is 6.39. The maximum absolute atomic E-state index is 14.4. The van der Waals surface area contributed by atoms with Gasteiger partial charge in [0.1, 0.15) is 11.6 Å². The van der Waals surface area contributed by atoms with Crippen LogP contribution in [0.3, 0.4) is 0 Å². The van der Waals surface area contributed by atoms with Gasteiger partial charge in [-0.1, -0.05) is 36.0 Å². The Balaban J connectivity index is 1.60. The first-order valence-corrected chi connectivity index (χ1v) is 11.4. The number of amidine groups is 1. The van der Waals surface area contributed by atoms with E-state index in [1.165, 1.54) is 17.8 Å². The predicted molar refractivity (Wildman–Crippen MR) is 107 cm³/mol. The Hall–Kier alpha value is -2.06. The van der Waals surface area contributed by atoms with Crippen molar-refractivity contribution in [1.29, 1.82) is 0 Å². The molecule has 0 saturated carbocycles. The van der Waals surface area contributed by atoms with E-state index in [0.29, 0.717) is 16.6 Å². The Kier molecular flexibility index (Phi) is 4.86. The first-order valence-electron chi connectivity index (χ1n) is 8.54. The number of hydrogen-bond acceptors (Lipinski definition) is 6. The third kappa shape index (κ3) is 3.68. The molecule has 1 saturated heterocycles. The summed E-state index contributed by atoms with van der Waals surface area (Å²) in [5.41, 5.74) is 1.46. The normalized spacial score (nSPS) is 23.2. The minimum atomic E-state index is -3.15. The zero-order valence-electron chi connectivity index (χ0n) is 14.7. The van der Waals surface area contributed by atoms with Crippen molar-refractivity contribution in [3.05, 3.63) is 59.9 Å². The van der Waals surface area contributed by atoms with Crippen molar-refractivity contribution in [2.45, 2.75) is 17.8 Å². The summed E-state index contributed by atoms with van der Waals surface area (Å²) in [5, 5.41) is 0.667. The van der Waals surface area contributed by atoms with E-state index in [-0.39, 0.29) is 29.4 Å². The van der Waals surface area contributed by atoms with E-state index in [4.69, 9.17) is 4.74 Å². The molecule has 1 fully saturated rings. The summed E-state index contributed by atoms with van der Waals surface area (Å²) >= 11 is 1.49. The Labute approximate surface area is 162 Å². The fourth-order valence-corrected chi connectivity index (χ4v) is 6.35. The number of sulfone groups is 1. The number of halogens is 1. The molecule has 142 valence electrons. The van der Waals surface area contributed by atoms with E-state index in [1.807, 2.05) is 24.3 Å². The monoisotopic (exact) mass is 406 g/mol. The Morgan fingerprint density at radius 2 is 1.93 bits per heavy atom. The van der Waals surface area contributed by atoms with Crippen LogP contribution in [0.15, 0.2) is 53.5 Å². The first kappa shape index (κ1) is 18.3. The van der Waals surface area contributed by atoms with Gasteiger partial charge in [-0.15, -0.1) is 0 Å². The molecule has 4 rings (SSSR count). The van der Waals surface area contributed by atoms with Gasteiger partial charge in [0.05, 0.1) is 36.4 Å². The lowest BCUT2D eigenvalue weighted by Gasteiger charge is -2.26. The smallest absolute Gasteiger partial charge is 0.164 e. The Morgan fingerprint density at radius 1 is 1.19 bits per heavy atom. The second kappa shape index (κ2) is 7.16. The van der Waals surface area contributed by atoms with Gasteiger partial charge in [-0.2, -0.15) is 0 Å². The van der Waals surface area contributed by atoms with Crippen LogP contribution >= 0.6 is 11.8 Å². The SMILES string of the molecule is COc1ccc(CSC2=N[C@H]3CS(=O)(=O)C[C@H]3N2c2ccccc2F)cc1. The van der Waals surface area contributed by atoms with E-state index >= 15 is 0 Å². The van der Waals surface area contributed by atoms with Crippen LogP contribution in [0.25, 0.3) is 0 Å². The summed E-state index contributed by atoms with van der Waals surface area (Å²) in [6, 6.07) is 13.5. The predicted octanol–water partition coefficient (Wildman–Crippen LogP) is 3.11. The van der Waals surface area contributed by atoms with Crippen molar-refractivity contribution >= 4 is 32.5 Å². The van der Waals surface area contributed by atoms with Gasteiger partial charge in [-0.25, -0.2) is 12.8 Å². The van der Waals surface area contributed by atoms with E-state index in [1.54, 1.807) is 30.2 Å².